The fourth-order valence-corrected chi connectivity index (χ4v) is 1.96. The molecule has 0 aromatic heterocycles. The van der Waals surface area contributed by atoms with Gasteiger partial charge in [-0.25, -0.2) is 0 Å². The van der Waals surface area contributed by atoms with Gasteiger partial charge >= 0.3 is 0 Å². The third-order valence-electron chi connectivity index (χ3n) is 3.22. The van der Waals surface area contributed by atoms with Crippen LogP contribution in [0.15, 0.2) is 18.2 Å². The van der Waals surface area contributed by atoms with Crippen LogP contribution in [0.5, 0.6) is 0 Å². The maximum atomic E-state index is 11.4. The third kappa shape index (κ3) is 4.91. The molecular formula is C15H24N2O2. The van der Waals surface area contributed by atoms with E-state index in [-0.39, 0.29) is 17.8 Å². The van der Waals surface area contributed by atoms with E-state index in [4.69, 9.17) is 10.8 Å². The molecule has 1 rings (SSSR count). The molecule has 0 unspecified atom stereocenters. The molecule has 0 atom stereocenters. The van der Waals surface area contributed by atoms with E-state index < -0.39 is 0 Å². The average Bonchev–Trinajstić information content (AvgIpc) is 2.35. The lowest BCUT2D eigenvalue weighted by Gasteiger charge is -2.25. The van der Waals surface area contributed by atoms with Crippen molar-refractivity contribution < 1.29 is 9.90 Å². The number of aliphatic hydroxyl groups is 1. The highest BCUT2D eigenvalue weighted by Crippen LogP contribution is 2.24. The number of benzene rings is 1. The van der Waals surface area contributed by atoms with E-state index >= 15 is 0 Å². The zero-order chi connectivity index (χ0) is 14.5. The van der Waals surface area contributed by atoms with Crippen LogP contribution >= 0.6 is 0 Å². The number of hydrogen-bond donors (Lipinski definition) is 3. The second-order valence-corrected chi connectivity index (χ2v) is 5.70. The van der Waals surface area contributed by atoms with Crippen LogP contribution in [0.4, 0.5) is 11.4 Å². The number of nitrogens with two attached hydrogens (primary N) is 1. The molecule has 0 aliphatic heterocycles. The molecule has 0 fully saturated rings. The summed E-state index contributed by atoms with van der Waals surface area (Å²) in [6.45, 7) is 6.83. The van der Waals surface area contributed by atoms with Crippen LogP contribution in [-0.2, 0) is 0 Å². The summed E-state index contributed by atoms with van der Waals surface area (Å²) in [5, 5.41) is 12.2. The van der Waals surface area contributed by atoms with E-state index in [1.165, 1.54) is 6.92 Å². The van der Waals surface area contributed by atoms with Crippen molar-refractivity contribution in [1.82, 2.24) is 0 Å². The van der Waals surface area contributed by atoms with Gasteiger partial charge in [-0.1, -0.05) is 13.8 Å². The van der Waals surface area contributed by atoms with Crippen molar-refractivity contribution in [2.45, 2.75) is 33.6 Å². The van der Waals surface area contributed by atoms with Crippen molar-refractivity contribution in [1.29, 1.82) is 0 Å². The predicted molar refractivity (Wildman–Crippen MR) is 79.4 cm³/mol. The molecule has 1 aromatic carbocycles. The summed E-state index contributed by atoms with van der Waals surface area (Å²) in [5.41, 5.74) is 7.82. The lowest BCUT2D eigenvalue weighted by Crippen LogP contribution is -2.23. The van der Waals surface area contributed by atoms with Gasteiger partial charge in [-0.05, 0) is 43.4 Å². The highest BCUT2D eigenvalue weighted by Gasteiger charge is 2.17. The van der Waals surface area contributed by atoms with Gasteiger partial charge in [-0.2, -0.15) is 0 Å². The van der Waals surface area contributed by atoms with Crippen molar-refractivity contribution in [2.75, 3.05) is 24.2 Å². The number of anilines is 2. The zero-order valence-electron chi connectivity index (χ0n) is 12.0. The highest BCUT2D eigenvalue weighted by atomic mass is 16.2. The van der Waals surface area contributed by atoms with Crippen molar-refractivity contribution in [3.63, 3.8) is 0 Å². The summed E-state index contributed by atoms with van der Waals surface area (Å²) >= 11 is 0. The zero-order valence-corrected chi connectivity index (χ0v) is 12.0. The Morgan fingerprint density at radius 1 is 1.42 bits per heavy atom. The minimum Gasteiger partial charge on any atom is -0.398 e. The predicted octanol–water partition coefficient (Wildman–Crippen LogP) is 2.68. The number of nitrogen functional groups attached to an aromatic ring is 1. The summed E-state index contributed by atoms with van der Waals surface area (Å²) in [7, 11) is 0. The van der Waals surface area contributed by atoms with Crippen LogP contribution in [-0.4, -0.2) is 24.0 Å². The number of ketones is 1. The van der Waals surface area contributed by atoms with E-state index in [1.54, 1.807) is 12.1 Å². The molecule has 1 aromatic rings. The molecule has 0 spiro atoms. The van der Waals surface area contributed by atoms with Crippen LogP contribution in [0.25, 0.3) is 0 Å². The Bertz CT molecular complexity index is 442. The van der Waals surface area contributed by atoms with Crippen molar-refractivity contribution >= 4 is 17.2 Å². The number of hydrogen-bond acceptors (Lipinski definition) is 4. The van der Waals surface area contributed by atoms with Gasteiger partial charge in [0.2, 0.25) is 0 Å². The molecule has 0 heterocycles. The fraction of sp³-hybridized carbons (Fsp3) is 0.533. The Morgan fingerprint density at radius 2 is 2.11 bits per heavy atom. The molecule has 0 saturated heterocycles. The fourth-order valence-electron chi connectivity index (χ4n) is 1.96. The van der Waals surface area contributed by atoms with E-state index in [0.717, 1.165) is 25.1 Å². The van der Waals surface area contributed by atoms with E-state index in [2.05, 4.69) is 19.2 Å². The molecule has 4 N–H and O–H groups in total. The van der Waals surface area contributed by atoms with Gasteiger partial charge < -0.3 is 16.2 Å². The van der Waals surface area contributed by atoms with Crippen LogP contribution < -0.4 is 11.1 Å². The van der Waals surface area contributed by atoms with E-state index in [9.17, 15) is 4.79 Å². The topological polar surface area (TPSA) is 75.3 Å². The Labute approximate surface area is 115 Å². The number of aliphatic hydroxyl groups excluding tert-OH is 1. The molecule has 0 saturated carbocycles. The molecular weight excluding hydrogens is 240 g/mol. The maximum absolute atomic E-state index is 11.4. The molecule has 0 aliphatic rings. The first kappa shape index (κ1) is 15.5. The van der Waals surface area contributed by atoms with Crippen molar-refractivity contribution in [3.05, 3.63) is 23.8 Å². The summed E-state index contributed by atoms with van der Waals surface area (Å²) in [6.07, 6.45) is 1.75. The standard InChI is InChI=1S/C15H24N2O2/c1-11(19)13-9-12(5-6-14(13)16)17-10-15(2,3)7-4-8-18/h5-6,9,17-18H,4,7-8,10,16H2,1-3H3. The second-order valence-electron chi connectivity index (χ2n) is 5.70. The number of carbonyl (C=O) groups excluding carboxylic acids is 1. The van der Waals surface area contributed by atoms with Gasteiger partial charge in [0.15, 0.2) is 5.78 Å². The first-order valence-electron chi connectivity index (χ1n) is 6.61. The molecule has 4 heteroatoms. The Morgan fingerprint density at radius 3 is 2.68 bits per heavy atom. The molecule has 0 radical (unpaired) electrons. The lowest BCUT2D eigenvalue weighted by atomic mass is 9.88. The van der Waals surface area contributed by atoms with Crippen LogP contribution in [0.2, 0.25) is 0 Å². The first-order valence-corrected chi connectivity index (χ1v) is 6.61. The van der Waals surface area contributed by atoms with E-state index in [0.29, 0.717) is 11.3 Å². The van der Waals surface area contributed by atoms with Gasteiger partial charge in [0.25, 0.3) is 0 Å². The lowest BCUT2D eigenvalue weighted by molar-refractivity contribution is 0.101. The molecule has 4 nitrogen and oxygen atoms in total. The van der Waals surface area contributed by atoms with Crippen LogP contribution in [0, 0.1) is 5.41 Å². The van der Waals surface area contributed by atoms with Crippen LogP contribution in [0.3, 0.4) is 0 Å². The Kier molecular flexibility index (Phi) is 5.36. The van der Waals surface area contributed by atoms with E-state index in [1.807, 2.05) is 6.07 Å². The third-order valence-corrected chi connectivity index (χ3v) is 3.22. The number of nitrogens with one attached hydrogen (secondary N) is 1. The van der Waals surface area contributed by atoms with Crippen molar-refractivity contribution in [2.24, 2.45) is 5.41 Å². The van der Waals surface area contributed by atoms with Gasteiger partial charge in [0.1, 0.15) is 0 Å². The smallest absolute Gasteiger partial charge is 0.161 e. The van der Waals surface area contributed by atoms with Crippen LogP contribution in [0.1, 0.15) is 44.0 Å². The number of Topliss-reactive ketones (excluding diaryl/α,β-unsaturated/α-hetero) is 1. The summed E-state index contributed by atoms with van der Waals surface area (Å²) in [5.74, 6) is -0.0271. The van der Waals surface area contributed by atoms with Gasteiger partial charge in [-0.15, -0.1) is 0 Å². The Hall–Kier alpha value is -1.55. The molecule has 106 valence electrons. The average molecular weight is 264 g/mol. The summed E-state index contributed by atoms with van der Waals surface area (Å²) < 4.78 is 0. The first-order chi connectivity index (χ1) is 8.85. The van der Waals surface area contributed by atoms with Gasteiger partial charge in [0.05, 0.1) is 0 Å². The normalized spacial score (nSPS) is 11.4. The quantitative estimate of drug-likeness (QED) is 0.523. The van der Waals surface area contributed by atoms with Crippen molar-refractivity contribution in [3.8, 4) is 0 Å². The minimum absolute atomic E-state index is 0.0271. The SMILES string of the molecule is CC(=O)c1cc(NCC(C)(C)CCCO)ccc1N. The molecule has 0 aliphatic carbocycles. The Balaban J connectivity index is 2.68. The minimum atomic E-state index is -0.0271. The number of carbonyl (C=O) groups is 1. The molecule has 19 heavy (non-hydrogen) atoms. The monoisotopic (exact) mass is 264 g/mol. The largest absolute Gasteiger partial charge is 0.398 e. The maximum Gasteiger partial charge on any atom is 0.161 e. The second kappa shape index (κ2) is 6.57. The van der Waals surface area contributed by atoms with Gasteiger partial charge in [0, 0.05) is 30.1 Å². The summed E-state index contributed by atoms with van der Waals surface area (Å²) in [4.78, 5) is 11.4. The highest BCUT2D eigenvalue weighted by molar-refractivity contribution is 5.99. The number of rotatable bonds is 7. The van der Waals surface area contributed by atoms with Gasteiger partial charge in [-0.3, -0.25) is 4.79 Å². The molecule has 0 amide bonds. The molecule has 0 bridgehead atoms. The summed E-state index contributed by atoms with van der Waals surface area (Å²) in [6, 6.07) is 5.42.